The number of hydrogen-bond donors (Lipinski definition) is 1. The molecular weight excluding hydrogens is 349 g/mol. The predicted octanol–water partition coefficient (Wildman–Crippen LogP) is 3.43. The lowest BCUT2D eigenvalue weighted by molar-refractivity contribution is -0.139. The number of benzene rings is 2. The Labute approximate surface area is 148 Å². The van der Waals surface area contributed by atoms with Crippen molar-refractivity contribution in [2.75, 3.05) is 13.6 Å². The highest BCUT2D eigenvalue weighted by Gasteiger charge is 2.34. The van der Waals surface area contributed by atoms with Crippen LogP contribution >= 0.6 is 0 Å². The molecule has 0 radical (unpaired) electrons. The van der Waals surface area contributed by atoms with Gasteiger partial charge in [-0.15, -0.1) is 0 Å². The van der Waals surface area contributed by atoms with Crippen LogP contribution in [0.4, 0.5) is 18.0 Å². The first kappa shape index (κ1) is 19.5. The van der Waals surface area contributed by atoms with E-state index in [4.69, 9.17) is 5.73 Å². The van der Waals surface area contributed by atoms with Gasteiger partial charge in [0.1, 0.15) is 0 Å². The third kappa shape index (κ3) is 5.32. The fourth-order valence-corrected chi connectivity index (χ4v) is 2.53. The van der Waals surface area contributed by atoms with E-state index in [1.807, 2.05) is 0 Å². The first-order chi connectivity index (χ1) is 12.2. The van der Waals surface area contributed by atoms with Gasteiger partial charge in [-0.25, -0.2) is 4.79 Å². The smallest absolute Gasteiger partial charge is 0.375 e. The molecular formula is C18H17F3N2O3. The molecule has 0 aliphatic heterocycles. The summed E-state index contributed by atoms with van der Waals surface area (Å²) in [5.41, 5.74) is 4.89. The maximum atomic E-state index is 13.5. The summed E-state index contributed by atoms with van der Waals surface area (Å²) in [4.78, 5) is 23.3. The SMILES string of the molecule is CN(CC(=O)OC(N)=O)Cc1ccc(-c2ccccc2)c(C(F)(F)F)c1. The van der Waals surface area contributed by atoms with Crippen molar-refractivity contribution >= 4 is 12.1 Å². The van der Waals surface area contributed by atoms with E-state index in [1.54, 1.807) is 36.4 Å². The van der Waals surface area contributed by atoms with Gasteiger partial charge >= 0.3 is 18.2 Å². The molecule has 8 heteroatoms. The molecule has 0 spiro atoms. The second-order valence-corrected chi connectivity index (χ2v) is 5.71. The fraction of sp³-hybridized carbons (Fsp3) is 0.222. The highest BCUT2D eigenvalue weighted by Crippen LogP contribution is 2.37. The van der Waals surface area contributed by atoms with E-state index in [2.05, 4.69) is 4.74 Å². The monoisotopic (exact) mass is 366 g/mol. The predicted molar refractivity (Wildman–Crippen MR) is 88.9 cm³/mol. The van der Waals surface area contributed by atoms with Crippen molar-refractivity contribution in [3.8, 4) is 11.1 Å². The van der Waals surface area contributed by atoms with Gasteiger partial charge in [0.15, 0.2) is 0 Å². The first-order valence-electron chi connectivity index (χ1n) is 7.61. The molecule has 0 bridgehead atoms. The molecule has 138 valence electrons. The number of nitrogens with two attached hydrogens (primary N) is 1. The number of esters is 1. The zero-order chi connectivity index (χ0) is 19.3. The van der Waals surface area contributed by atoms with Gasteiger partial charge in [0, 0.05) is 6.54 Å². The largest absolute Gasteiger partial charge is 0.417 e. The summed E-state index contributed by atoms with van der Waals surface area (Å²) >= 11 is 0. The Kier molecular flexibility index (Phi) is 5.99. The minimum atomic E-state index is -4.52. The second-order valence-electron chi connectivity index (χ2n) is 5.71. The van der Waals surface area contributed by atoms with Crippen molar-refractivity contribution in [2.45, 2.75) is 12.7 Å². The highest BCUT2D eigenvalue weighted by molar-refractivity contribution is 5.84. The molecule has 5 nitrogen and oxygen atoms in total. The van der Waals surface area contributed by atoms with Crippen molar-refractivity contribution in [1.29, 1.82) is 0 Å². The molecule has 0 heterocycles. The number of rotatable bonds is 5. The van der Waals surface area contributed by atoms with E-state index in [-0.39, 0.29) is 18.7 Å². The summed E-state index contributed by atoms with van der Waals surface area (Å²) < 4.78 is 44.6. The van der Waals surface area contributed by atoms with Crippen molar-refractivity contribution in [1.82, 2.24) is 4.90 Å². The Morgan fingerprint density at radius 3 is 2.35 bits per heavy atom. The zero-order valence-corrected chi connectivity index (χ0v) is 13.9. The highest BCUT2D eigenvalue weighted by atomic mass is 19.4. The van der Waals surface area contributed by atoms with Gasteiger partial charge in [0.2, 0.25) is 0 Å². The molecule has 1 amide bonds. The van der Waals surface area contributed by atoms with Crippen molar-refractivity contribution < 1.29 is 27.5 Å². The van der Waals surface area contributed by atoms with Crippen LogP contribution in [-0.2, 0) is 22.3 Å². The maximum absolute atomic E-state index is 13.5. The Morgan fingerprint density at radius 1 is 1.12 bits per heavy atom. The summed E-state index contributed by atoms with van der Waals surface area (Å²) in [6.45, 7) is -0.225. The number of amides is 1. The van der Waals surface area contributed by atoms with Crippen LogP contribution in [-0.4, -0.2) is 30.6 Å². The molecule has 0 aromatic heterocycles. The minimum absolute atomic E-state index is 0.0615. The van der Waals surface area contributed by atoms with Gasteiger partial charge in [0.05, 0.1) is 12.1 Å². The molecule has 0 saturated heterocycles. The quantitative estimate of drug-likeness (QED) is 0.650. The molecule has 0 saturated carbocycles. The van der Waals surface area contributed by atoms with Crippen molar-refractivity contribution in [2.24, 2.45) is 5.73 Å². The Morgan fingerprint density at radius 2 is 1.77 bits per heavy atom. The van der Waals surface area contributed by atoms with Crippen LogP contribution in [0.15, 0.2) is 48.5 Å². The average Bonchev–Trinajstić information content (AvgIpc) is 2.53. The van der Waals surface area contributed by atoms with E-state index >= 15 is 0 Å². The molecule has 0 atom stereocenters. The molecule has 2 aromatic rings. The van der Waals surface area contributed by atoms with E-state index in [0.717, 1.165) is 6.07 Å². The maximum Gasteiger partial charge on any atom is 0.417 e. The van der Waals surface area contributed by atoms with Crippen LogP contribution in [0.5, 0.6) is 0 Å². The number of carbonyl (C=O) groups is 2. The van der Waals surface area contributed by atoms with Gasteiger partial charge in [-0.2, -0.15) is 13.2 Å². The van der Waals surface area contributed by atoms with E-state index < -0.39 is 23.8 Å². The van der Waals surface area contributed by atoms with Crippen LogP contribution in [0.25, 0.3) is 11.1 Å². The number of hydrogen-bond acceptors (Lipinski definition) is 4. The molecule has 0 aliphatic carbocycles. The summed E-state index contributed by atoms with van der Waals surface area (Å²) in [6, 6.07) is 12.3. The van der Waals surface area contributed by atoms with Crippen molar-refractivity contribution in [3.05, 3.63) is 59.7 Å². The number of halogens is 3. The lowest BCUT2D eigenvalue weighted by Gasteiger charge is -2.18. The third-order valence-corrected chi connectivity index (χ3v) is 3.54. The fourth-order valence-electron chi connectivity index (χ4n) is 2.53. The van der Waals surface area contributed by atoms with Crippen LogP contribution in [0.1, 0.15) is 11.1 Å². The number of carbonyl (C=O) groups excluding carboxylic acids is 2. The number of likely N-dealkylation sites (N-methyl/N-ethyl adjacent to an activating group) is 1. The zero-order valence-electron chi connectivity index (χ0n) is 13.9. The third-order valence-electron chi connectivity index (χ3n) is 3.54. The Balaban J connectivity index is 2.23. The van der Waals surface area contributed by atoms with Crippen LogP contribution in [0, 0.1) is 0 Å². The first-order valence-corrected chi connectivity index (χ1v) is 7.61. The number of primary amides is 1. The molecule has 2 aromatic carbocycles. The number of nitrogens with zero attached hydrogens (tertiary/aromatic N) is 1. The summed E-state index contributed by atoms with van der Waals surface area (Å²) in [6.07, 6.45) is -5.75. The molecule has 26 heavy (non-hydrogen) atoms. The summed E-state index contributed by atoms with van der Waals surface area (Å²) in [5.74, 6) is -0.878. The van der Waals surface area contributed by atoms with Gasteiger partial charge in [-0.05, 0) is 29.8 Å². The summed E-state index contributed by atoms with van der Waals surface area (Å²) in [5, 5.41) is 0. The van der Waals surface area contributed by atoms with Gasteiger partial charge < -0.3 is 10.5 Å². The normalized spacial score (nSPS) is 11.4. The number of alkyl halides is 3. The Bertz CT molecular complexity index is 792. The Hall–Kier alpha value is -2.87. The lowest BCUT2D eigenvalue weighted by atomic mass is 9.97. The molecule has 0 unspecified atom stereocenters. The summed E-state index contributed by atoms with van der Waals surface area (Å²) in [7, 11) is 1.51. The molecule has 0 fully saturated rings. The van der Waals surface area contributed by atoms with Gasteiger partial charge in [-0.1, -0.05) is 42.5 Å². The van der Waals surface area contributed by atoms with Crippen molar-refractivity contribution in [3.63, 3.8) is 0 Å². The van der Waals surface area contributed by atoms with Gasteiger partial charge in [0.25, 0.3) is 0 Å². The van der Waals surface area contributed by atoms with Crippen LogP contribution in [0.2, 0.25) is 0 Å². The van der Waals surface area contributed by atoms with Crippen LogP contribution in [0.3, 0.4) is 0 Å². The van der Waals surface area contributed by atoms with Gasteiger partial charge in [-0.3, -0.25) is 9.69 Å². The van der Waals surface area contributed by atoms with Crippen LogP contribution < -0.4 is 5.73 Å². The molecule has 2 N–H and O–H groups in total. The topological polar surface area (TPSA) is 72.6 Å². The van der Waals surface area contributed by atoms with E-state index in [0.29, 0.717) is 11.1 Å². The molecule has 0 aliphatic rings. The van der Waals surface area contributed by atoms with E-state index in [9.17, 15) is 22.8 Å². The van der Waals surface area contributed by atoms with E-state index in [1.165, 1.54) is 18.0 Å². The minimum Gasteiger partial charge on any atom is -0.375 e. The average molecular weight is 366 g/mol. The lowest BCUT2D eigenvalue weighted by Crippen LogP contribution is -2.30. The standard InChI is InChI=1S/C18H17F3N2O3/c1-23(11-16(24)26-17(22)25)10-12-7-8-14(13-5-3-2-4-6-13)15(9-12)18(19,20)21/h2-9H,10-11H2,1H3,(H2,22,25). The molecule has 2 rings (SSSR count). The second kappa shape index (κ2) is 8.01. The number of ether oxygens (including phenoxy) is 1.